The summed E-state index contributed by atoms with van der Waals surface area (Å²) in [6.45, 7) is 7.18. The summed E-state index contributed by atoms with van der Waals surface area (Å²) in [6.07, 6.45) is 1.88. The van der Waals surface area contributed by atoms with Crippen molar-refractivity contribution < 1.29 is 14.3 Å². The molecule has 0 aromatic carbocycles. The number of rotatable bonds is 11. The maximum absolute atomic E-state index is 12.0. The Labute approximate surface area is 111 Å². The van der Waals surface area contributed by atoms with Gasteiger partial charge in [-0.2, -0.15) is 0 Å². The van der Waals surface area contributed by atoms with Gasteiger partial charge in [-0.15, -0.1) is 0 Å². The van der Waals surface area contributed by atoms with Crippen LogP contribution in [-0.2, 0) is 14.3 Å². The fourth-order valence-electron chi connectivity index (χ4n) is 1.48. The van der Waals surface area contributed by atoms with Crippen molar-refractivity contribution in [2.45, 2.75) is 32.7 Å². The van der Waals surface area contributed by atoms with Gasteiger partial charge in [-0.05, 0) is 19.8 Å². The van der Waals surface area contributed by atoms with Crippen LogP contribution in [0.1, 0.15) is 26.7 Å². The van der Waals surface area contributed by atoms with Gasteiger partial charge in [0.2, 0.25) is 5.91 Å². The van der Waals surface area contributed by atoms with E-state index in [0.717, 1.165) is 19.4 Å². The Morgan fingerprint density at radius 1 is 1.22 bits per heavy atom. The molecule has 0 rings (SSSR count). The zero-order valence-corrected chi connectivity index (χ0v) is 12.2. The first-order valence-corrected chi connectivity index (χ1v) is 6.64. The van der Waals surface area contributed by atoms with Gasteiger partial charge in [-0.1, -0.05) is 6.92 Å². The van der Waals surface area contributed by atoms with Crippen LogP contribution in [0.2, 0.25) is 0 Å². The Balaban J connectivity index is 4.04. The molecule has 0 heterocycles. The van der Waals surface area contributed by atoms with Crippen LogP contribution < -0.4 is 5.32 Å². The molecule has 0 fully saturated rings. The number of hydrogen-bond acceptors (Lipinski definition) is 4. The van der Waals surface area contributed by atoms with Crippen molar-refractivity contribution in [1.29, 1.82) is 0 Å². The van der Waals surface area contributed by atoms with Gasteiger partial charge < -0.3 is 19.7 Å². The van der Waals surface area contributed by atoms with E-state index in [9.17, 15) is 4.79 Å². The molecule has 0 aromatic heterocycles. The highest BCUT2D eigenvalue weighted by Crippen LogP contribution is 1.95. The average Bonchev–Trinajstić information content (AvgIpc) is 2.39. The Morgan fingerprint density at radius 2 is 1.89 bits per heavy atom. The summed E-state index contributed by atoms with van der Waals surface area (Å²) in [5.74, 6) is 0.128. The van der Waals surface area contributed by atoms with E-state index >= 15 is 0 Å². The zero-order valence-electron chi connectivity index (χ0n) is 12.2. The molecule has 0 spiro atoms. The van der Waals surface area contributed by atoms with Crippen molar-refractivity contribution in [2.75, 3.05) is 47.1 Å². The molecule has 0 aliphatic rings. The lowest BCUT2D eigenvalue weighted by atomic mass is 10.2. The second-order valence-electron chi connectivity index (χ2n) is 4.41. The average molecular weight is 260 g/mol. The molecule has 1 atom stereocenters. The molecular weight excluding hydrogens is 232 g/mol. The summed E-state index contributed by atoms with van der Waals surface area (Å²) >= 11 is 0. The molecule has 0 saturated carbocycles. The summed E-state index contributed by atoms with van der Waals surface area (Å²) in [4.78, 5) is 13.9. The number of nitrogens with zero attached hydrogens (tertiary/aromatic N) is 1. The van der Waals surface area contributed by atoms with Crippen molar-refractivity contribution in [3.8, 4) is 0 Å². The molecule has 0 aromatic rings. The van der Waals surface area contributed by atoms with Crippen LogP contribution in [-0.4, -0.2) is 63.9 Å². The van der Waals surface area contributed by atoms with Crippen molar-refractivity contribution in [3.63, 3.8) is 0 Å². The van der Waals surface area contributed by atoms with Crippen LogP contribution in [0, 0.1) is 0 Å². The second kappa shape index (κ2) is 11.4. The van der Waals surface area contributed by atoms with Gasteiger partial charge in [0.1, 0.15) is 0 Å². The van der Waals surface area contributed by atoms with Crippen LogP contribution in [0.4, 0.5) is 0 Å². The smallest absolute Gasteiger partial charge is 0.236 e. The molecule has 5 heteroatoms. The first kappa shape index (κ1) is 17.4. The number of carbonyl (C=O) groups excluding carboxylic acids is 1. The van der Waals surface area contributed by atoms with Crippen LogP contribution in [0.15, 0.2) is 0 Å². The molecule has 0 aliphatic carbocycles. The lowest BCUT2D eigenvalue weighted by Crippen LogP contribution is -2.42. The molecule has 0 bridgehead atoms. The second-order valence-corrected chi connectivity index (χ2v) is 4.41. The Hall–Kier alpha value is -0.650. The normalized spacial score (nSPS) is 12.4. The largest absolute Gasteiger partial charge is 0.385 e. The molecule has 5 nitrogen and oxygen atoms in total. The van der Waals surface area contributed by atoms with Gasteiger partial charge in [0.15, 0.2) is 0 Å². The number of nitrogens with one attached hydrogen (secondary N) is 1. The van der Waals surface area contributed by atoms with Gasteiger partial charge in [-0.3, -0.25) is 4.79 Å². The van der Waals surface area contributed by atoms with Crippen molar-refractivity contribution in [1.82, 2.24) is 10.2 Å². The van der Waals surface area contributed by atoms with Crippen LogP contribution in [0.3, 0.4) is 0 Å². The fourth-order valence-corrected chi connectivity index (χ4v) is 1.48. The maximum atomic E-state index is 12.0. The minimum absolute atomic E-state index is 0.128. The lowest BCUT2D eigenvalue weighted by molar-refractivity contribution is -0.131. The molecular formula is C13H28N2O3. The van der Waals surface area contributed by atoms with Gasteiger partial charge in [0, 0.05) is 40.0 Å². The number of carbonyl (C=O) groups is 1. The summed E-state index contributed by atoms with van der Waals surface area (Å²) in [5.41, 5.74) is 0. The summed E-state index contributed by atoms with van der Waals surface area (Å²) in [5, 5.41) is 3.22. The van der Waals surface area contributed by atoms with Crippen LogP contribution in [0.25, 0.3) is 0 Å². The third kappa shape index (κ3) is 8.44. The first-order chi connectivity index (χ1) is 8.65. The molecule has 1 unspecified atom stereocenters. The lowest BCUT2D eigenvalue weighted by Gasteiger charge is -2.23. The third-order valence-corrected chi connectivity index (χ3v) is 2.91. The SMILES string of the molecule is CCC(C)NCC(=O)N(CCCOC)CCOC. The van der Waals surface area contributed by atoms with Crippen molar-refractivity contribution in [2.24, 2.45) is 0 Å². The highest BCUT2D eigenvalue weighted by molar-refractivity contribution is 5.78. The Morgan fingerprint density at radius 3 is 2.44 bits per heavy atom. The molecule has 108 valence electrons. The van der Waals surface area contributed by atoms with E-state index in [-0.39, 0.29) is 5.91 Å². The van der Waals surface area contributed by atoms with Gasteiger partial charge in [0.25, 0.3) is 0 Å². The van der Waals surface area contributed by atoms with Gasteiger partial charge >= 0.3 is 0 Å². The zero-order chi connectivity index (χ0) is 13.8. The third-order valence-electron chi connectivity index (χ3n) is 2.91. The van der Waals surface area contributed by atoms with Gasteiger partial charge in [0.05, 0.1) is 13.2 Å². The Kier molecular flexibility index (Phi) is 11.0. The minimum atomic E-state index is 0.128. The monoisotopic (exact) mass is 260 g/mol. The summed E-state index contributed by atoms with van der Waals surface area (Å²) in [7, 11) is 3.32. The molecule has 1 N–H and O–H groups in total. The van der Waals surface area contributed by atoms with E-state index in [0.29, 0.717) is 32.3 Å². The maximum Gasteiger partial charge on any atom is 0.236 e. The number of amides is 1. The number of ether oxygens (including phenoxy) is 2. The molecule has 1 amide bonds. The highest BCUT2D eigenvalue weighted by atomic mass is 16.5. The first-order valence-electron chi connectivity index (χ1n) is 6.64. The van der Waals surface area contributed by atoms with Crippen molar-refractivity contribution >= 4 is 5.91 Å². The standard InChI is InChI=1S/C13H28N2O3/c1-5-12(2)14-11-13(16)15(8-10-18-4)7-6-9-17-3/h12,14H,5-11H2,1-4H3. The van der Waals surface area contributed by atoms with Gasteiger partial charge in [-0.25, -0.2) is 0 Å². The van der Waals surface area contributed by atoms with E-state index in [1.807, 2.05) is 4.90 Å². The Bertz CT molecular complexity index is 212. The molecule has 0 radical (unpaired) electrons. The topological polar surface area (TPSA) is 50.8 Å². The van der Waals surface area contributed by atoms with Crippen LogP contribution in [0.5, 0.6) is 0 Å². The van der Waals surface area contributed by atoms with E-state index in [2.05, 4.69) is 19.2 Å². The quantitative estimate of drug-likeness (QED) is 0.560. The van der Waals surface area contributed by atoms with Crippen LogP contribution >= 0.6 is 0 Å². The van der Waals surface area contributed by atoms with Crippen molar-refractivity contribution in [3.05, 3.63) is 0 Å². The molecule has 18 heavy (non-hydrogen) atoms. The fraction of sp³-hybridized carbons (Fsp3) is 0.923. The summed E-state index contributed by atoms with van der Waals surface area (Å²) in [6, 6.07) is 0.372. The number of hydrogen-bond donors (Lipinski definition) is 1. The predicted octanol–water partition coefficient (Wildman–Crippen LogP) is 0.886. The molecule has 0 saturated heterocycles. The van der Waals surface area contributed by atoms with E-state index < -0.39 is 0 Å². The number of methoxy groups -OCH3 is 2. The minimum Gasteiger partial charge on any atom is -0.385 e. The highest BCUT2D eigenvalue weighted by Gasteiger charge is 2.13. The van der Waals surface area contributed by atoms with E-state index in [4.69, 9.17) is 9.47 Å². The molecule has 0 aliphatic heterocycles. The summed E-state index contributed by atoms with van der Waals surface area (Å²) < 4.78 is 10.0. The van der Waals surface area contributed by atoms with E-state index in [1.165, 1.54) is 0 Å². The predicted molar refractivity (Wildman–Crippen MR) is 72.7 cm³/mol. The van der Waals surface area contributed by atoms with E-state index in [1.54, 1.807) is 14.2 Å².